The summed E-state index contributed by atoms with van der Waals surface area (Å²) in [6.45, 7) is 6.93. The Morgan fingerprint density at radius 1 is 1.10 bits per heavy atom. The summed E-state index contributed by atoms with van der Waals surface area (Å²) in [6, 6.07) is 9.48. The molecule has 2 heterocycles. The largest absolute Gasteiger partial charge is 0.445 e. The van der Waals surface area contributed by atoms with Crippen molar-refractivity contribution >= 4 is 12.2 Å². The fraction of sp³-hybridized carbons (Fsp3) is 0.545. The number of rotatable bonds is 2. The maximum atomic E-state index is 12.5. The molecule has 0 N–H and O–H groups in total. The van der Waals surface area contributed by atoms with E-state index in [-0.39, 0.29) is 30.3 Å². The van der Waals surface area contributed by atoms with Crippen LogP contribution in [0.25, 0.3) is 0 Å². The quantitative estimate of drug-likeness (QED) is 0.705. The van der Waals surface area contributed by atoms with Crippen LogP contribution in [0.1, 0.15) is 39.2 Å². The van der Waals surface area contributed by atoms with E-state index in [9.17, 15) is 9.59 Å². The minimum absolute atomic E-state index is 0.162. The van der Waals surface area contributed by atoms with Gasteiger partial charge in [0, 0.05) is 18.5 Å². The lowest BCUT2D eigenvalue weighted by Gasteiger charge is -2.40. The van der Waals surface area contributed by atoms with E-state index in [0.717, 1.165) is 18.4 Å². The number of likely N-dealkylation sites (tertiary alicyclic amines) is 1. The van der Waals surface area contributed by atoms with Crippen molar-refractivity contribution in [1.82, 2.24) is 9.96 Å². The molecule has 2 bridgehead atoms. The molecule has 2 saturated heterocycles. The fourth-order valence-electron chi connectivity index (χ4n) is 4.36. The Morgan fingerprint density at radius 2 is 1.79 bits per heavy atom. The Kier molecular flexibility index (Phi) is 5.02. The average Bonchev–Trinajstić information content (AvgIpc) is 3.17. The number of carbonyl (C=O) groups excluding carboxylic acids is 2. The van der Waals surface area contributed by atoms with Crippen molar-refractivity contribution in [3.8, 4) is 0 Å². The molecule has 156 valence electrons. The van der Waals surface area contributed by atoms with Gasteiger partial charge in [-0.2, -0.15) is 5.06 Å². The zero-order chi connectivity index (χ0) is 20.6. The van der Waals surface area contributed by atoms with Gasteiger partial charge >= 0.3 is 12.2 Å². The Labute approximate surface area is 171 Å². The van der Waals surface area contributed by atoms with Crippen molar-refractivity contribution in [2.75, 3.05) is 13.1 Å². The van der Waals surface area contributed by atoms with Crippen molar-refractivity contribution < 1.29 is 23.9 Å². The number of hydroxylamine groups is 2. The number of benzene rings is 1. The van der Waals surface area contributed by atoms with E-state index in [1.807, 2.05) is 63.3 Å². The SMILES string of the molecule is CC(C)(C)OC(=O)N1OC2C=CC1C21CCN(C(=O)OCc2ccccc2)CC1. The zero-order valence-corrected chi connectivity index (χ0v) is 17.2. The average molecular weight is 400 g/mol. The molecule has 0 radical (unpaired) electrons. The molecule has 1 aromatic carbocycles. The summed E-state index contributed by atoms with van der Waals surface area (Å²) in [4.78, 5) is 32.6. The van der Waals surface area contributed by atoms with Crippen LogP contribution in [0.2, 0.25) is 0 Å². The molecule has 0 aromatic heterocycles. The highest BCUT2D eigenvalue weighted by Crippen LogP contribution is 2.52. The molecule has 7 nitrogen and oxygen atoms in total. The van der Waals surface area contributed by atoms with E-state index in [1.54, 1.807) is 4.90 Å². The first kappa shape index (κ1) is 19.8. The molecule has 2 unspecified atom stereocenters. The highest BCUT2D eigenvalue weighted by molar-refractivity contribution is 5.69. The van der Waals surface area contributed by atoms with Gasteiger partial charge in [-0.1, -0.05) is 42.5 Å². The Morgan fingerprint density at radius 3 is 2.45 bits per heavy atom. The van der Waals surface area contributed by atoms with Gasteiger partial charge in [0.15, 0.2) is 0 Å². The van der Waals surface area contributed by atoms with Gasteiger partial charge in [0.1, 0.15) is 18.3 Å². The second kappa shape index (κ2) is 7.37. The predicted octanol–water partition coefficient (Wildman–Crippen LogP) is 3.89. The van der Waals surface area contributed by atoms with Gasteiger partial charge in [-0.3, -0.25) is 4.84 Å². The second-order valence-corrected chi connectivity index (χ2v) is 8.92. The molecule has 4 rings (SSSR count). The molecular weight excluding hydrogens is 372 g/mol. The highest BCUT2D eigenvalue weighted by atomic mass is 16.7. The first-order valence-corrected chi connectivity index (χ1v) is 10.1. The lowest BCUT2D eigenvalue weighted by Crippen LogP contribution is -2.50. The predicted molar refractivity (Wildman–Crippen MR) is 106 cm³/mol. The van der Waals surface area contributed by atoms with Gasteiger partial charge < -0.3 is 14.4 Å². The number of amides is 2. The van der Waals surface area contributed by atoms with Crippen LogP contribution < -0.4 is 0 Å². The van der Waals surface area contributed by atoms with Gasteiger partial charge in [-0.15, -0.1) is 0 Å². The van der Waals surface area contributed by atoms with E-state index < -0.39 is 11.7 Å². The van der Waals surface area contributed by atoms with Crippen molar-refractivity contribution in [3.05, 3.63) is 48.0 Å². The number of carbonyl (C=O) groups is 2. The van der Waals surface area contributed by atoms with Crippen molar-refractivity contribution in [1.29, 1.82) is 0 Å². The van der Waals surface area contributed by atoms with Gasteiger partial charge in [-0.05, 0) is 39.2 Å². The summed E-state index contributed by atoms with van der Waals surface area (Å²) in [5.74, 6) is 0. The van der Waals surface area contributed by atoms with Gasteiger partial charge in [0.2, 0.25) is 0 Å². The first-order chi connectivity index (χ1) is 13.8. The number of piperidine rings is 1. The summed E-state index contributed by atoms with van der Waals surface area (Å²) in [5.41, 5.74) is 0.187. The van der Waals surface area contributed by atoms with Crippen LogP contribution in [0.4, 0.5) is 9.59 Å². The van der Waals surface area contributed by atoms with E-state index >= 15 is 0 Å². The van der Waals surface area contributed by atoms with Crippen LogP contribution in [-0.2, 0) is 20.9 Å². The molecule has 2 fully saturated rings. The van der Waals surface area contributed by atoms with Crippen molar-refractivity contribution in [2.45, 2.75) is 58.0 Å². The Bertz CT molecular complexity index is 793. The van der Waals surface area contributed by atoms with E-state index in [4.69, 9.17) is 14.3 Å². The molecule has 29 heavy (non-hydrogen) atoms. The number of hydrogen-bond donors (Lipinski definition) is 0. The smallest absolute Gasteiger partial charge is 0.435 e. The molecule has 7 heteroatoms. The van der Waals surface area contributed by atoms with Crippen molar-refractivity contribution in [2.24, 2.45) is 5.41 Å². The van der Waals surface area contributed by atoms with Gasteiger partial charge in [-0.25, -0.2) is 9.59 Å². The maximum Gasteiger partial charge on any atom is 0.435 e. The highest BCUT2D eigenvalue weighted by Gasteiger charge is 2.60. The minimum Gasteiger partial charge on any atom is -0.445 e. The summed E-state index contributed by atoms with van der Waals surface area (Å²) in [7, 11) is 0. The maximum absolute atomic E-state index is 12.5. The van der Waals surface area contributed by atoms with Crippen LogP contribution in [0.3, 0.4) is 0 Å². The molecular formula is C22H28N2O5. The zero-order valence-electron chi connectivity index (χ0n) is 17.2. The van der Waals surface area contributed by atoms with Crippen molar-refractivity contribution in [3.63, 3.8) is 0 Å². The molecule has 2 atom stereocenters. The van der Waals surface area contributed by atoms with E-state index in [0.29, 0.717) is 13.1 Å². The topological polar surface area (TPSA) is 68.3 Å². The Hall–Kier alpha value is -2.54. The monoisotopic (exact) mass is 400 g/mol. The summed E-state index contributed by atoms with van der Waals surface area (Å²) >= 11 is 0. The van der Waals surface area contributed by atoms with Crippen LogP contribution in [0, 0.1) is 5.41 Å². The third-order valence-electron chi connectivity index (χ3n) is 5.83. The number of ether oxygens (including phenoxy) is 2. The minimum atomic E-state index is -0.578. The van der Waals surface area contributed by atoms with Crippen LogP contribution in [-0.4, -0.2) is 53.0 Å². The summed E-state index contributed by atoms with van der Waals surface area (Å²) in [6.07, 6.45) is 4.62. The van der Waals surface area contributed by atoms with E-state index in [2.05, 4.69) is 0 Å². The molecule has 0 saturated carbocycles. The first-order valence-electron chi connectivity index (χ1n) is 10.1. The second-order valence-electron chi connectivity index (χ2n) is 8.92. The summed E-state index contributed by atoms with van der Waals surface area (Å²) in [5, 5.41) is 1.37. The third-order valence-corrected chi connectivity index (χ3v) is 5.83. The lowest BCUT2D eigenvalue weighted by atomic mass is 9.72. The molecule has 2 amide bonds. The molecule has 1 spiro atoms. The van der Waals surface area contributed by atoms with Gasteiger partial charge in [0.25, 0.3) is 0 Å². The lowest BCUT2D eigenvalue weighted by molar-refractivity contribution is -0.140. The normalized spacial score (nSPS) is 24.8. The van der Waals surface area contributed by atoms with E-state index in [1.165, 1.54) is 5.06 Å². The summed E-state index contributed by atoms with van der Waals surface area (Å²) < 4.78 is 10.9. The van der Waals surface area contributed by atoms with Crippen LogP contribution in [0.5, 0.6) is 0 Å². The number of hydrogen-bond acceptors (Lipinski definition) is 5. The molecule has 2 aliphatic heterocycles. The van der Waals surface area contributed by atoms with Crippen LogP contribution >= 0.6 is 0 Å². The molecule has 1 aliphatic carbocycles. The molecule has 1 aromatic rings. The third kappa shape index (κ3) is 3.83. The molecule has 3 aliphatic rings. The fourth-order valence-corrected chi connectivity index (χ4v) is 4.36. The standard InChI is InChI=1S/C22H28N2O5/c1-21(2,3)28-20(26)24-17-9-10-18(29-24)22(17)11-13-23(14-12-22)19(25)27-15-16-7-5-4-6-8-16/h4-10,17-18H,11-15H2,1-3H3. The van der Waals surface area contributed by atoms with Gasteiger partial charge in [0.05, 0.1) is 6.04 Å². The van der Waals surface area contributed by atoms with Crippen LogP contribution in [0.15, 0.2) is 42.5 Å². The Balaban J connectivity index is 1.34. The number of nitrogens with zero attached hydrogens (tertiary/aromatic N) is 2.